The Kier molecular flexibility index (Phi) is 4.60. The smallest absolute Gasteiger partial charge is 0.106 e. The van der Waals surface area contributed by atoms with Gasteiger partial charge in [-0.15, -0.1) is 19.7 Å². The minimum absolute atomic E-state index is 0.580. The maximum atomic E-state index is 3.82. The van der Waals surface area contributed by atoms with Crippen molar-refractivity contribution in [1.82, 2.24) is 0 Å². The maximum Gasteiger partial charge on any atom is 0.148 e. The molecule has 0 amide bonds. The van der Waals surface area contributed by atoms with Gasteiger partial charge in [0.15, 0.2) is 0 Å². The summed E-state index contributed by atoms with van der Waals surface area (Å²) in [6.45, 7) is 15.8. The first-order chi connectivity index (χ1) is 5.60. The van der Waals surface area contributed by atoms with Gasteiger partial charge in [0.25, 0.3) is 0 Å². The first kappa shape index (κ1) is 11.2. The zero-order chi connectivity index (χ0) is 9.61. The van der Waals surface area contributed by atoms with E-state index in [1.165, 1.54) is 0 Å². The van der Waals surface area contributed by atoms with Gasteiger partial charge in [0.05, 0.1) is 0 Å². The van der Waals surface area contributed by atoms with E-state index < -0.39 is 8.07 Å². The van der Waals surface area contributed by atoms with Crippen LogP contribution >= 0.6 is 0 Å². The van der Waals surface area contributed by atoms with Crippen LogP contribution < -0.4 is 0 Å². The third kappa shape index (κ3) is 3.05. The Morgan fingerprint density at radius 2 is 1.42 bits per heavy atom. The molecule has 0 aliphatic heterocycles. The molecule has 0 unspecified atom stereocenters. The summed E-state index contributed by atoms with van der Waals surface area (Å²) in [5.41, 5.74) is 8.15. The minimum Gasteiger partial charge on any atom is -0.106 e. The quantitative estimate of drug-likeness (QED) is 0.566. The van der Waals surface area contributed by atoms with Gasteiger partial charge in [-0.1, -0.05) is 42.7 Å². The van der Waals surface area contributed by atoms with E-state index in [9.17, 15) is 0 Å². The summed E-state index contributed by atoms with van der Waals surface area (Å²) in [4.78, 5) is 0. The van der Waals surface area contributed by atoms with Gasteiger partial charge >= 0.3 is 0 Å². The third-order valence-electron chi connectivity index (χ3n) is 1.83. The van der Waals surface area contributed by atoms with Crippen molar-refractivity contribution in [3.63, 3.8) is 0 Å². The van der Waals surface area contributed by atoms with Crippen LogP contribution in [0.1, 0.15) is 13.8 Å². The first-order valence-electron chi connectivity index (χ1n) is 4.20. The number of hydrogen-bond donors (Lipinski definition) is 0. The Labute approximate surface area is 77.0 Å². The highest BCUT2D eigenvalue weighted by molar-refractivity contribution is 6.97. The van der Waals surface area contributed by atoms with Gasteiger partial charge in [-0.3, -0.25) is 0 Å². The average molecular weight is 178 g/mol. The van der Waals surface area contributed by atoms with Crippen LogP contribution in [0.4, 0.5) is 0 Å². The molecule has 0 spiro atoms. The Balaban J connectivity index is 4.62. The lowest BCUT2D eigenvalue weighted by Crippen LogP contribution is -2.23. The van der Waals surface area contributed by atoms with E-state index in [0.717, 1.165) is 0 Å². The fourth-order valence-electron chi connectivity index (χ4n) is 0.813. The molecule has 0 aromatic carbocycles. The lowest BCUT2D eigenvalue weighted by molar-refractivity contribution is 0.833. The molecule has 0 nitrogen and oxygen atoms in total. The Hall–Kier alpha value is -0.823. The minimum atomic E-state index is -1.67. The number of allylic oxidation sites excluding steroid dienone is 1. The second kappa shape index (κ2) is 4.94. The van der Waals surface area contributed by atoms with Crippen LogP contribution in [0.25, 0.3) is 0 Å². The normalized spacial score (nSPS) is 11.9. The van der Waals surface area contributed by atoms with Crippen molar-refractivity contribution < 1.29 is 0 Å². The van der Waals surface area contributed by atoms with Gasteiger partial charge in [-0.05, 0) is 5.92 Å². The summed E-state index contributed by atoms with van der Waals surface area (Å²) >= 11 is 0. The van der Waals surface area contributed by atoms with Crippen molar-refractivity contribution in [2.75, 3.05) is 0 Å². The number of rotatable bonds is 5. The molecule has 0 N–H and O–H groups in total. The zero-order valence-corrected chi connectivity index (χ0v) is 9.09. The third-order valence-corrected chi connectivity index (χ3v) is 4.72. The van der Waals surface area contributed by atoms with Crippen molar-refractivity contribution in [3.05, 3.63) is 48.6 Å². The van der Waals surface area contributed by atoms with Crippen LogP contribution in [0.5, 0.6) is 0 Å². The molecule has 66 valence electrons. The van der Waals surface area contributed by atoms with Crippen molar-refractivity contribution in [3.8, 4) is 0 Å². The molecule has 0 radical (unpaired) electrons. The molecule has 0 heterocycles. The summed E-state index contributed by atoms with van der Waals surface area (Å²) in [5.74, 6) is 0.580. The summed E-state index contributed by atoms with van der Waals surface area (Å²) < 4.78 is 0. The van der Waals surface area contributed by atoms with Crippen LogP contribution in [-0.4, -0.2) is 8.07 Å². The fourth-order valence-corrected chi connectivity index (χ4v) is 2.44. The van der Waals surface area contributed by atoms with Gasteiger partial charge in [0.1, 0.15) is 8.07 Å². The molecule has 0 rings (SSSR count). The van der Waals surface area contributed by atoms with Crippen LogP contribution in [0.2, 0.25) is 0 Å². The maximum absolute atomic E-state index is 3.82. The molecular weight excluding hydrogens is 160 g/mol. The standard InChI is InChI=1S/C11H18Si/c1-6-12(7-2,8-3)10-9-11(4)5/h6-11H,1-3H2,4-5H3. The largest absolute Gasteiger partial charge is 0.148 e. The van der Waals surface area contributed by atoms with Crippen molar-refractivity contribution in [2.45, 2.75) is 13.8 Å². The Morgan fingerprint density at radius 1 is 1.00 bits per heavy atom. The van der Waals surface area contributed by atoms with Crippen LogP contribution in [0, 0.1) is 5.92 Å². The van der Waals surface area contributed by atoms with E-state index in [0.29, 0.717) is 5.92 Å². The Morgan fingerprint density at radius 3 is 1.67 bits per heavy atom. The predicted molar refractivity (Wildman–Crippen MR) is 60.3 cm³/mol. The molecule has 1 heteroatoms. The van der Waals surface area contributed by atoms with Gasteiger partial charge in [0, 0.05) is 0 Å². The van der Waals surface area contributed by atoms with E-state index in [1.807, 2.05) is 17.1 Å². The average Bonchev–Trinajstić information content (AvgIpc) is 2.08. The lowest BCUT2D eigenvalue weighted by atomic mass is 10.2. The van der Waals surface area contributed by atoms with E-state index in [4.69, 9.17) is 0 Å². The number of hydrogen-bond acceptors (Lipinski definition) is 0. The van der Waals surface area contributed by atoms with Gasteiger partial charge in [-0.25, -0.2) is 0 Å². The molecular formula is C11H18Si. The highest BCUT2D eigenvalue weighted by atomic mass is 28.3. The van der Waals surface area contributed by atoms with Crippen molar-refractivity contribution in [1.29, 1.82) is 0 Å². The summed E-state index contributed by atoms with van der Waals surface area (Å²) in [5, 5.41) is 0. The summed E-state index contributed by atoms with van der Waals surface area (Å²) in [7, 11) is -1.67. The highest BCUT2D eigenvalue weighted by Gasteiger charge is 2.16. The topological polar surface area (TPSA) is 0 Å². The first-order valence-corrected chi connectivity index (χ1v) is 6.51. The van der Waals surface area contributed by atoms with E-state index in [2.05, 4.69) is 45.4 Å². The summed E-state index contributed by atoms with van der Waals surface area (Å²) in [6, 6.07) is 0. The van der Waals surface area contributed by atoms with Gasteiger partial charge in [0.2, 0.25) is 0 Å². The molecule has 0 saturated heterocycles. The highest BCUT2D eigenvalue weighted by Crippen LogP contribution is 2.10. The van der Waals surface area contributed by atoms with Crippen LogP contribution in [0.15, 0.2) is 48.6 Å². The predicted octanol–water partition coefficient (Wildman–Crippen LogP) is 3.36. The molecule has 0 saturated carbocycles. The van der Waals surface area contributed by atoms with E-state index >= 15 is 0 Å². The van der Waals surface area contributed by atoms with E-state index in [1.54, 1.807) is 0 Å². The SMILES string of the molecule is C=C[Si](C=C)(C=C)C=CC(C)C. The molecule has 0 fully saturated rings. The fraction of sp³-hybridized carbons (Fsp3) is 0.273. The molecule has 0 aromatic heterocycles. The Bertz CT molecular complexity index is 177. The van der Waals surface area contributed by atoms with Crippen molar-refractivity contribution in [2.24, 2.45) is 5.92 Å². The van der Waals surface area contributed by atoms with Gasteiger partial charge < -0.3 is 0 Å². The van der Waals surface area contributed by atoms with Crippen LogP contribution in [-0.2, 0) is 0 Å². The molecule has 0 aliphatic carbocycles. The molecule has 0 atom stereocenters. The molecule has 0 aromatic rings. The summed E-state index contributed by atoms with van der Waals surface area (Å²) in [6.07, 6.45) is 2.19. The lowest BCUT2D eigenvalue weighted by Gasteiger charge is -2.13. The molecule has 0 aliphatic rings. The molecule has 12 heavy (non-hydrogen) atoms. The van der Waals surface area contributed by atoms with Crippen molar-refractivity contribution >= 4 is 8.07 Å². The van der Waals surface area contributed by atoms with Crippen LogP contribution in [0.3, 0.4) is 0 Å². The monoisotopic (exact) mass is 178 g/mol. The second-order valence-electron chi connectivity index (χ2n) is 3.22. The zero-order valence-electron chi connectivity index (χ0n) is 8.09. The molecule has 0 bridgehead atoms. The van der Waals surface area contributed by atoms with E-state index in [-0.39, 0.29) is 0 Å². The van der Waals surface area contributed by atoms with Gasteiger partial charge in [-0.2, -0.15) is 0 Å². The second-order valence-corrected chi connectivity index (χ2v) is 6.77.